The molecule has 0 spiro atoms. The molecular weight excluding hydrogens is 261 g/mol. The Hall–Kier alpha value is -0.490. The first-order valence-corrected chi connectivity index (χ1v) is 5.49. The highest BCUT2D eigenvalue weighted by Gasteiger charge is 2.45. The van der Waals surface area contributed by atoms with Crippen molar-refractivity contribution >= 4 is 29.2 Å². The molecule has 3 atom stereocenters. The van der Waals surface area contributed by atoms with E-state index in [1.807, 2.05) is 0 Å². The Kier molecular flexibility index (Phi) is 4.43. The van der Waals surface area contributed by atoms with Gasteiger partial charge in [0.05, 0.1) is 5.92 Å². The van der Waals surface area contributed by atoms with Gasteiger partial charge in [0.1, 0.15) is 6.04 Å². The summed E-state index contributed by atoms with van der Waals surface area (Å²) >= 11 is 10.2. The van der Waals surface area contributed by atoms with Gasteiger partial charge in [-0.15, -0.1) is 0 Å². The van der Waals surface area contributed by atoms with Crippen molar-refractivity contribution in [1.29, 1.82) is 5.53 Å². The Balaban J connectivity index is 2.84. The van der Waals surface area contributed by atoms with Crippen LogP contribution in [0.5, 0.6) is 0 Å². The highest BCUT2D eigenvalue weighted by Crippen LogP contribution is 2.43. The van der Waals surface area contributed by atoms with Crippen molar-refractivity contribution in [2.24, 2.45) is 17.0 Å². The van der Waals surface area contributed by atoms with Crippen molar-refractivity contribution in [3.05, 3.63) is 11.1 Å². The molecule has 0 aliphatic heterocycles. The van der Waals surface area contributed by atoms with E-state index in [1.54, 1.807) is 0 Å². The molecule has 0 fully saturated rings. The Labute approximate surface area is 101 Å². The minimum absolute atomic E-state index is 0.154. The number of thiocarbonyl (C=S) groups is 1. The first-order chi connectivity index (χ1) is 7.40. The second-order valence-corrected chi connectivity index (χ2v) is 4.38. The topological polar surface area (TPSA) is 36.2 Å². The molecule has 2 nitrogen and oxygen atoms in total. The fourth-order valence-corrected chi connectivity index (χ4v) is 2.32. The van der Waals surface area contributed by atoms with E-state index >= 15 is 0 Å². The zero-order chi connectivity index (χ0) is 12.3. The van der Waals surface area contributed by atoms with Crippen LogP contribution < -0.4 is 0 Å². The van der Waals surface area contributed by atoms with Crippen LogP contribution >= 0.6 is 23.8 Å². The molecule has 0 aromatic heterocycles. The maximum atomic E-state index is 12.6. The molecule has 0 saturated carbocycles. The average Bonchev–Trinajstić information content (AvgIpc) is 2.20. The lowest BCUT2D eigenvalue weighted by Gasteiger charge is -2.30. The van der Waals surface area contributed by atoms with Crippen LogP contribution in [0.1, 0.15) is 12.8 Å². The van der Waals surface area contributed by atoms with Crippen LogP contribution in [0.4, 0.5) is 13.2 Å². The van der Waals surface area contributed by atoms with Crippen LogP contribution in [-0.4, -0.2) is 17.6 Å². The molecule has 16 heavy (non-hydrogen) atoms. The van der Waals surface area contributed by atoms with Gasteiger partial charge in [-0.05, 0) is 18.8 Å². The van der Waals surface area contributed by atoms with E-state index in [9.17, 15) is 13.2 Å². The van der Waals surface area contributed by atoms with Gasteiger partial charge in [-0.2, -0.15) is 18.3 Å². The summed E-state index contributed by atoms with van der Waals surface area (Å²) in [5.41, 5.74) is 6.86. The van der Waals surface area contributed by atoms with Gasteiger partial charge in [0, 0.05) is 10.4 Å². The third kappa shape index (κ3) is 3.01. The van der Waals surface area contributed by atoms with Crippen molar-refractivity contribution in [2.75, 3.05) is 0 Å². The Bertz CT molecular complexity index is 308. The third-order valence-corrected chi connectivity index (χ3v) is 3.35. The molecule has 0 amide bonds. The summed E-state index contributed by atoms with van der Waals surface area (Å²) in [6.07, 6.45) is -2.77. The molecule has 1 N–H and O–H groups in total. The molecule has 1 aliphatic carbocycles. The van der Waals surface area contributed by atoms with Crippen LogP contribution in [0.25, 0.3) is 0 Å². The van der Waals surface area contributed by atoms with Crippen molar-refractivity contribution < 1.29 is 13.2 Å². The van der Waals surface area contributed by atoms with Gasteiger partial charge in [-0.3, -0.25) is 0 Å². The van der Waals surface area contributed by atoms with Gasteiger partial charge in [-0.25, -0.2) is 5.53 Å². The summed E-state index contributed by atoms with van der Waals surface area (Å²) in [6, 6.07) is -0.638. The molecule has 7 heteroatoms. The third-order valence-electron chi connectivity index (χ3n) is 2.65. The van der Waals surface area contributed by atoms with E-state index in [0.717, 1.165) is 0 Å². The van der Waals surface area contributed by atoms with Crippen LogP contribution in [0, 0.1) is 17.4 Å². The minimum Gasteiger partial charge on any atom is -0.209 e. The van der Waals surface area contributed by atoms with Crippen molar-refractivity contribution in [3.8, 4) is 0 Å². The predicted molar refractivity (Wildman–Crippen MR) is 58.8 cm³/mol. The van der Waals surface area contributed by atoms with Gasteiger partial charge >= 0.3 is 6.18 Å². The first-order valence-electron chi connectivity index (χ1n) is 4.64. The summed E-state index contributed by atoms with van der Waals surface area (Å²) in [5.74, 6) is -2.03. The number of hydrogen-bond acceptors (Lipinski definition) is 3. The van der Waals surface area contributed by atoms with Gasteiger partial charge in [0.2, 0.25) is 0 Å². The molecular formula is C9H10ClF3N2S. The number of hydrogen-bond donors (Lipinski definition) is 1. The summed E-state index contributed by atoms with van der Waals surface area (Å²) in [5, 5.41) is 4.29. The number of rotatable bonds is 3. The van der Waals surface area contributed by atoms with E-state index in [-0.39, 0.29) is 17.4 Å². The Morgan fingerprint density at radius 1 is 1.62 bits per heavy atom. The zero-order valence-electron chi connectivity index (χ0n) is 8.17. The standard InChI is InChI=1S/C9H10ClF3N2S/c10-7-2-1-5(8(4-16)15-14)3-6(7)9(11,12)13/h2,4-6,8,14H,1,3H2. The van der Waals surface area contributed by atoms with Gasteiger partial charge < -0.3 is 0 Å². The van der Waals surface area contributed by atoms with E-state index in [4.69, 9.17) is 17.1 Å². The fourth-order valence-electron chi connectivity index (χ4n) is 1.73. The smallest absolute Gasteiger partial charge is 0.209 e. The fraction of sp³-hybridized carbons (Fsp3) is 0.667. The lowest BCUT2D eigenvalue weighted by molar-refractivity contribution is -0.167. The molecule has 0 saturated heterocycles. The maximum absolute atomic E-state index is 12.6. The minimum atomic E-state index is -4.35. The SMILES string of the molecule is N=NC(C=S)C1CC=C(Cl)C(C(F)(F)F)C1. The van der Waals surface area contributed by atoms with E-state index < -0.39 is 18.1 Å². The molecule has 0 aromatic rings. The number of allylic oxidation sites excluding steroid dienone is 2. The van der Waals surface area contributed by atoms with Gasteiger partial charge in [-0.1, -0.05) is 29.9 Å². The number of nitrogens with one attached hydrogen (secondary N) is 1. The molecule has 0 radical (unpaired) electrons. The van der Waals surface area contributed by atoms with Crippen LogP contribution in [0.2, 0.25) is 0 Å². The maximum Gasteiger partial charge on any atom is 0.396 e. The molecule has 0 aromatic carbocycles. The second-order valence-electron chi connectivity index (χ2n) is 3.67. The monoisotopic (exact) mass is 270 g/mol. The van der Waals surface area contributed by atoms with Crippen molar-refractivity contribution in [1.82, 2.24) is 0 Å². The molecule has 1 rings (SSSR count). The number of halogens is 4. The lowest BCUT2D eigenvalue weighted by atomic mass is 9.82. The molecule has 0 heterocycles. The summed E-state index contributed by atoms with van der Waals surface area (Å²) in [4.78, 5) is 0. The van der Waals surface area contributed by atoms with Gasteiger partial charge in [0.15, 0.2) is 0 Å². The van der Waals surface area contributed by atoms with Crippen LogP contribution in [0.15, 0.2) is 16.2 Å². The lowest BCUT2D eigenvalue weighted by Crippen LogP contribution is -2.32. The van der Waals surface area contributed by atoms with E-state index in [0.29, 0.717) is 6.42 Å². The quantitative estimate of drug-likeness (QED) is 0.608. The van der Waals surface area contributed by atoms with E-state index in [2.05, 4.69) is 17.3 Å². The Morgan fingerprint density at radius 2 is 2.25 bits per heavy atom. The average molecular weight is 271 g/mol. The summed E-state index contributed by atoms with van der Waals surface area (Å²) < 4.78 is 37.8. The molecule has 0 bridgehead atoms. The summed E-state index contributed by atoms with van der Waals surface area (Å²) in [7, 11) is 0. The van der Waals surface area contributed by atoms with Crippen molar-refractivity contribution in [3.63, 3.8) is 0 Å². The highest BCUT2D eigenvalue weighted by molar-refractivity contribution is 7.79. The number of alkyl halides is 3. The normalized spacial score (nSPS) is 28.1. The summed E-state index contributed by atoms with van der Waals surface area (Å²) in [6.45, 7) is 0. The first kappa shape index (κ1) is 13.6. The van der Waals surface area contributed by atoms with Crippen LogP contribution in [0.3, 0.4) is 0 Å². The Morgan fingerprint density at radius 3 is 2.69 bits per heavy atom. The van der Waals surface area contributed by atoms with Gasteiger partial charge in [0.25, 0.3) is 0 Å². The number of nitrogens with zero attached hydrogens (tertiary/aromatic N) is 1. The second kappa shape index (κ2) is 5.23. The molecule has 90 valence electrons. The predicted octanol–water partition coefficient (Wildman–Crippen LogP) is 4.10. The van der Waals surface area contributed by atoms with Crippen molar-refractivity contribution in [2.45, 2.75) is 25.1 Å². The van der Waals surface area contributed by atoms with E-state index in [1.165, 1.54) is 11.4 Å². The molecule has 3 unspecified atom stereocenters. The zero-order valence-corrected chi connectivity index (χ0v) is 9.74. The molecule has 1 aliphatic rings. The highest BCUT2D eigenvalue weighted by atomic mass is 35.5. The van der Waals surface area contributed by atoms with Crippen LogP contribution in [-0.2, 0) is 0 Å². The largest absolute Gasteiger partial charge is 0.396 e.